The molecule has 180 valence electrons. The summed E-state index contributed by atoms with van der Waals surface area (Å²) in [4.78, 5) is 52.1. The van der Waals surface area contributed by atoms with Crippen molar-refractivity contribution in [1.29, 1.82) is 0 Å². The lowest BCUT2D eigenvalue weighted by Crippen LogP contribution is -2.59. The predicted octanol–water partition coefficient (Wildman–Crippen LogP) is 1.09. The number of nitrogens with one attached hydrogen (secondary N) is 3. The van der Waals surface area contributed by atoms with E-state index in [4.69, 9.17) is 5.73 Å². The van der Waals surface area contributed by atoms with Crippen molar-refractivity contribution in [3.63, 3.8) is 0 Å². The summed E-state index contributed by atoms with van der Waals surface area (Å²) in [5.74, 6) is -1.38. The van der Waals surface area contributed by atoms with Crippen LogP contribution in [0.3, 0.4) is 0 Å². The maximum absolute atomic E-state index is 13.3. The van der Waals surface area contributed by atoms with E-state index in [0.717, 1.165) is 5.56 Å². The number of rotatable bonds is 9. The predicted molar refractivity (Wildman–Crippen MR) is 126 cm³/mol. The Kier molecular flexibility index (Phi) is 9.02. The van der Waals surface area contributed by atoms with Crippen molar-refractivity contribution in [2.45, 2.75) is 58.2 Å². The Hall–Kier alpha value is -3.36. The summed E-state index contributed by atoms with van der Waals surface area (Å²) in [7, 11) is 0. The third-order valence-corrected chi connectivity index (χ3v) is 5.33. The second-order valence-corrected chi connectivity index (χ2v) is 9.46. The smallest absolute Gasteiger partial charge is 0.315 e. The summed E-state index contributed by atoms with van der Waals surface area (Å²) in [6.45, 7) is 9.97. The molecule has 1 aliphatic heterocycles. The van der Waals surface area contributed by atoms with Crippen LogP contribution in [0.5, 0.6) is 0 Å². The van der Waals surface area contributed by atoms with Gasteiger partial charge in [-0.1, -0.05) is 57.2 Å². The summed E-state index contributed by atoms with van der Waals surface area (Å²) < 4.78 is 0. The molecular weight excluding hydrogens is 422 g/mol. The highest BCUT2D eigenvalue weighted by atomic mass is 16.2. The van der Waals surface area contributed by atoms with E-state index in [0.29, 0.717) is 13.0 Å². The van der Waals surface area contributed by atoms with Crippen LogP contribution in [0.4, 0.5) is 4.79 Å². The number of amides is 5. The molecule has 5 N–H and O–H groups in total. The Morgan fingerprint density at radius 2 is 1.88 bits per heavy atom. The minimum atomic E-state index is -0.952. The van der Waals surface area contributed by atoms with Gasteiger partial charge in [-0.3, -0.25) is 14.4 Å². The first-order valence-electron chi connectivity index (χ1n) is 11.1. The van der Waals surface area contributed by atoms with Crippen LogP contribution >= 0.6 is 0 Å². The number of likely N-dealkylation sites (tertiary alicyclic amines) is 1. The molecule has 0 aromatic heterocycles. The molecule has 5 amide bonds. The molecule has 3 atom stereocenters. The van der Waals surface area contributed by atoms with E-state index >= 15 is 0 Å². The molecule has 33 heavy (non-hydrogen) atoms. The summed E-state index contributed by atoms with van der Waals surface area (Å²) >= 11 is 0. The van der Waals surface area contributed by atoms with Crippen molar-refractivity contribution in [1.82, 2.24) is 20.9 Å². The fourth-order valence-corrected chi connectivity index (χ4v) is 3.82. The number of carbonyl (C=O) groups is 4. The topological polar surface area (TPSA) is 134 Å². The summed E-state index contributed by atoms with van der Waals surface area (Å²) in [5.41, 5.74) is 6.13. The lowest BCUT2D eigenvalue weighted by molar-refractivity contribution is -0.141. The molecule has 1 aromatic carbocycles. The number of urea groups is 1. The van der Waals surface area contributed by atoms with Crippen LogP contribution in [0.25, 0.3) is 0 Å². The van der Waals surface area contributed by atoms with E-state index in [1.54, 1.807) is 6.08 Å². The van der Waals surface area contributed by atoms with Crippen LogP contribution < -0.4 is 21.7 Å². The lowest BCUT2D eigenvalue weighted by Gasteiger charge is -2.31. The maximum atomic E-state index is 13.3. The Morgan fingerprint density at radius 3 is 2.45 bits per heavy atom. The highest BCUT2D eigenvalue weighted by molar-refractivity contribution is 5.93. The number of benzene rings is 1. The van der Waals surface area contributed by atoms with Crippen molar-refractivity contribution in [2.24, 2.45) is 11.1 Å². The number of primary amides is 1. The third kappa shape index (κ3) is 7.93. The third-order valence-electron chi connectivity index (χ3n) is 5.33. The summed E-state index contributed by atoms with van der Waals surface area (Å²) in [6.07, 6.45) is 2.42. The zero-order valence-corrected chi connectivity index (χ0v) is 19.6. The molecule has 0 bridgehead atoms. The molecule has 0 unspecified atom stereocenters. The van der Waals surface area contributed by atoms with Gasteiger partial charge in [0.1, 0.15) is 12.1 Å². The molecule has 1 heterocycles. The molecule has 9 nitrogen and oxygen atoms in total. The van der Waals surface area contributed by atoms with E-state index < -0.39 is 36.0 Å². The largest absolute Gasteiger partial charge is 0.368 e. The average molecular weight is 458 g/mol. The van der Waals surface area contributed by atoms with E-state index in [1.165, 1.54) is 4.90 Å². The quantitative estimate of drug-likeness (QED) is 0.413. The van der Waals surface area contributed by atoms with Crippen LogP contribution in [-0.2, 0) is 20.8 Å². The minimum Gasteiger partial charge on any atom is -0.368 e. The van der Waals surface area contributed by atoms with Crippen LogP contribution in [0, 0.1) is 5.41 Å². The molecule has 0 spiro atoms. The molecule has 0 saturated carbocycles. The molecule has 9 heteroatoms. The van der Waals surface area contributed by atoms with Gasteiger partial charge >= 0.3 is 6.03 Å². The first-order chi connectivity index (χ1) is 15.5. The number of carbonyl (C=O) groups excluding carboxylic acids is 4. The van der Waals surface area contributed by atoms with Gasteiger partial charge < -0.3 is 26.6 Å². The van der Waals surface area contributed by atoms with Gasteiger partial charge in [0.2, 0.25) is 17.7 Å². The van der Waals surface area contributed by atoms with Gasteiger partial charge in [-0.15, -0.1) is 6.58 Å². The highest BCUT2D eigenvalue weighted by Gasteiger charge is 2.43. The summed E-state index contributed by atoms with van der Waals surface area (Å²) in [5, 5.41) is 8.10. The minimum absolute atomic E-state index is 0.183. The number of nitrogens with zero attached hydrogens (tertiary/aromatic N) is 1. The van der Waals surface area contributed by atoms with Crippen LogP contribution in [-0.4, -0.2) is 59.9 Å². The Morgan fingerprint density at radius 1 is 1.21 bits per heavy atom. The van der Waals surface area contributed by atoms with Crippen molar-refractivity contribution >= 4 is 23.8 Å². The number of nitrogens with two attached hydrogens (primary N) is 1. The van der Waals surface area contributed by atoms with Crippen molar-refractivity contribution in [3.05, 3.63) is 48.6 Å². The zero-order valence-electron chi connectivity index (χ0n) is 19.6. The summed E-state index contributed by atoms with van der Waals surface area (Å²) in [6, 6.07) is 6.23. The zero-order chi connectivity index (χ0) is 24.6. The van der Waals surface area contributed by atoms with E-state index in [9.17, 15) is 19.2 Å². The van der Waals surface area contributed by atoms with E-state index in [-0.39, 0.29) is 30.7 Å². The maximum Gasteiger partial charge on any atom is 0.315 e. The molecule has 1 saturated heterocycles. The highest BCUT2D eigenvalue weighted by Crippen LogP contribution is 2.25. The molecule has 0 aliphatic carbocycles. The van der Waals surface area contributed by atoms with Gasteiger partial charge in [-0.05, 0) is 17.4 Å². The second-order valence-electron chi connectivity index (χ2n) is 9.46. The molecular formula is C24H35N5O4. The van der Waals surface area contributed by atoms with E-state index in [1.807, 2.05) is 51.1 Å². The SMILES string of the molecule is C=CCNC(=O)N[C@H]1CCN(C(=O)CC(C)(C)C)[C@@H]1C(=O)N[C@H](Cc1ccccc1)C(N)=O. The first-order valence-corrected chi connectivity index (χ1v) is 11.1. The van der Waals surface area contributed by atoms with Gasteiger partial charge in [-0.2, -0.15) is 0 Å². The second kappa shape index (κ2) is 11.5. The number of hydrogen-bond acceptors (Lipinski definition) is 4. The number of hydrogen-bond donors (Lipinski definition) is 4. The van der Waals surface area contributed by atoms with Gasteiger partial charge in [0.25, 0.3) is 0 Å². The molecule has 1 aromatic rings. The van der Waals surface area contributed by atoms with Crippen molar-refractivity contribution in [3.8, 4) is 0 Å². The molecule has 2 rings (SSSR count). The Labute approximate surface area is 195 Å². The van der Waals surface area contributed by atoms with Crippen LogP contribution in [0.15, 0.2) is 43.0 Å². The average Bonchev–Trinajstić information content (AvgIpc) is 3.15. The fourth-order valence-electron chi connectivity index (χ4n) is 3.82. The van der Waals surface area contributed by atoms with Gasteiger partial charge in [0.05, 0.1) is 6.04 Å². The van der Waals surface area contributed by atoms with Crippen LogP contribution in [0.2, 0.25) is 0 Å². The normalized spacial score (nSPS) is 18.8. The van der Waals surface area contributed by atoms with Crippen molar-refractivity contribution < 1.29 is 19.2 Å². The van der Waals surface area contributed by atoms with Gasteiger partial charge in [0, 0.05) is 25.9 Å². The Bertz CT molecular complexity index is 865. The van der Waals surface area contributed by atoms with E-state index in [2.05, 4.69) is 22.5 Å². The standard InChI is InChI=1S/C24H35N5O4/c1-5-12-26-23(33)28-17-11-13-29(19(30)15-24(2,3)4)20(17)22(32)27-18(21(25)31)14-16-9-7-6-8-10-16/h5-10,17-18,20H,1,11-15H2,2-4H3,(H2,25,31)(H,27,32)(H2,26,28,33)/t17-,18+,20-/m0/s1. The fraction of sp³-hybridized carbons (Fsp3) is 0.500. The lowest BCUT2D eigenvalue weighted by atomic mass is 9.91. The first kappa shape index (κ1) is 25.9. The monoisotopic (exact) mass is 457 g/mol. The van der Waals surface area contributed by atoms with Crippen LogP contribution in [0.1, 0.15) is 39.2 Å². The van der Waals surface area contributed by atoms with Gasteiger partial charge in [0.15, 0.2) is 0 Å². The van der Waals surface area contributed by atoms with Gasteiger partial charge in [-0.25, -0.2) is 4.79 Å². The molecule has 1 fully saturated rings. The Balaban J connectivity index is 2.22. The van der Waals surface area contributed by atoms with Crippen molar-refractivity contribution in [2.75, 3.05) is 13.1 Å². The molecule has 1 aliphatic rings. The molecule has 0 radical (unpaired) electrons.